The molecule has 2 aromatic heterocycles. The predicted molar refractivity (Wildman–Crippen MR) is 113 cm³/mol. The normalized spacial score (nSPS) is 12.3. The summed E-state index contributed by atoms with van der Waals surface area (Å²) >= 11 is 7.20. The Morgan fingerprint density at radius 3 is 2.90 bits per heavy atom. The van der Waals surface area contributed by atoms with Gasteiger partial charge in [0, 0.05) is 16.3 Å². The highest BCUT2D eigenvalue weighted by atomic mass is 35.5. The first-order chi connectivity index (χ1) is 14.7. The highest BCUT2D eigenvalue weighted by Crippen LogP contribution is 2.35. The molecule has 0 radical (unpaired) electrons. The molecule has 2 aromatic carbocycles. The molecule has 0 atom stereocenters. The van der Waals surface area contributed by atoms with E-state index in [1.54, 1.807) is 28.8 Å². The summed E-state index contributed by atoms with van der Waals surface area (Å²) < 4.78 is 12.4. The Labute approximate surface area is 180 Å². The Morgan fingerprint density at radius 1 is 1.10 bits per heavy atom. The van der Waals surface area contributed by atoms with Crippen molar-refractivity contribution in [3.63, 3.8) is 0 Å². The van der Waals surface area contributed by atoms with Gasteiger partial charge in [-0.2, -0.15) is 9.61 Å². The monoisotopic (exact) mass is 439 g/mol. The van der Waals surface area contributed by atoms with Crippen molar-refractivity contribution in [2.75, 3.05) is 17.9 Å². The van der Waals surface area contributed by atoms with E-state index in [4.69, 9.17) is 21.1 Å². The van der Waals surface area contributed by atoms with Crippen molar-refractivity contribution in [3.05, 3.63) is 59.6 Å². The van der Waals surface area contributed by atoms with Gasteiger partial charge in [0.25, 0.3) is 0 Å². The summed E-state index contributed by atoms with van der Waals surface area (Å²) in [6, 6.07) is 16.3. The van der Waals surface area contributed by atoms with Crippen LogP contribution < -0.4 is 14.8 Å². The molecule has 0 spiro atoms. The highest BCUT2D eigenvalue weighted by molar-refractivity contribution is 7.99. The van der Waals surface area contributed by atoms with Crippen LogP contribution in [0.4, 0.5) is 5.69 Å². The van der Waals surface area contributed by atoms with Crippen LogP contribution in [0.25, 0.3) is 16.9 Å². The molecule has 1 aliphatic heterocycles. The molecular weight excluding hydrogens is 426 g/mol. The number of benzene rings is 2. The zero-order valence-electron chi connectivity index (χ0n) is 15.4. The molecule has 5 rings (SSSR count). The van der Waals surface area contributed by atoms with Crippen molar-refractivity contribution in [3.8, 4) is 22.8 Å². The molecule has 30 heavy (non-hydrogen) atoms. The molecule has 1 aliphatic rings. The molecule has 0 unspecified atom stereocenters. The summed E-state index contributed by atoms with van der Waals surface area (Å²) in [5.41, 5.74) is 2.84. The third-order valence-corrected chi connectivity index (χ3v) is 5.50. The van der Waals surface area contributed by atoms with Crippen molar-refractivity contribution in [1.29, 1.82) is 0 Å². The number of carbonyl (C=O) groups is 1. The molecule has 0 aliphatic carbocycles. The maximum Gasteiger partial charge on any atom is 0.234 e. The highest BCUT2D eigenvalue weighted by Gasteiger charge is 2.16. The van der Waals surface area contributed by atoms with Gasteiger partial charge in [0.05, 0.1) is 11.4 Å². The zero-order chi connectivity index (χ0) is 20.5. The Hall–Kier alpha value is -3.30. The van der Waals surface area contributed by atoms with Gasteiger partial charge in [0.2, 0.25) is 17.9 Å². The number of nitrogens with zero attached hydrogens (tertiary/aromatic N) is 4. The van der Waals surface area contributed by atoms with Gasteiger partial charge in [0.1, 0.15) is 0 Å². The summed E-state index contributed by atoms with van der Waals surface area (Å²) in [6.07, 6.45) is 0. The van der Waals surface area contributed by atoms with Gasteiger partial charge in [0.15, 0.2) is 17.1 Å². The van der Waals surface area contributed by atoms with E-state index in [0.717, 1.165) is 11.3 Å². The number of fused-ring (bicyclic) bond motifs is 2. The fourth-order valence-corrected chi connectivity index (χ4v) is 3.84. The van der Waals surface area contributed by atoms with Crippen molar-refractivity contribution >= 4 is 40.6 Å². The topological polar surface area (TPSA) is 90.6 Å². The van der Waals surface area contributed by atoms with Crippen LogP contribution in [0.1, 0.15) is 0 Å². The van der Waals surface area contributed by atoms with Crippen LogP contribution in [0.3, 0.4) is 0 Å². The molecular formula is C20H14ClN5O3S. The van der Waals surface area contributed by atoms with Gasteiger partial charge in [-0.25, -0.2) is 0 Å². The lowest BCUT2D eigenvalue weighted by Gasteiger charge is -2.06. The number of halogens is 1. The first-order valence-corrected chi connectivity index (χ1v) is 10.3. The van der Waals surface area contributed by atoms with Gasteiger partial charge in [-0.05, 0) is 48.5 Å². The minimum Gasteiger partial charge on any atom is -0.454 e. The van der Waals surface area contributed by atoms with E-state index in [-0.39, 0.29) is 18.5 Å². The van der Waals surface area contributed by atoms with E-state index in [0.29, 0.717) is 33.0 Å². The van der Waals surface area contributed by atoms with Gasteiger partial charge >= 0.3 is 0 Å². The fourth-order valence-electron chi connectivity index (χ4n) is 2.96. The first kappa shape index (κ1) is 18.7. The number of hydrogen-bond acceptors (Lipinski definition) is 7. The zero-order valence-corrected chi connectivity index (χ0v) is 17.0. The minimum absolute atomic E-state index is 0.156. The fraction of sp³-hybridized carbons (Fsp3) is 0.100. The van der Waals surface area contributed by atoms with E-state index >= 15 is 0 Å². The molecule has 0 fully saturated rings. The largest absolute Gasteiger partial charge is 0.454 e. The molecule has 0 bridgehead atoms. The number of aromatic nitrogens is 4. The van der Waals surface area contributed by atoms with Crippen molar-refractivity contribution in [2.24, 2.45) is 0 Å². The predicted octanol–water partition coefficient (Wildman–Crippen LogP) is 3.90. The summed E-state index contributed by atoms with van der Waals surface area (Å²) in [4.78, 5) is 12.3. The summed E-state index contributed by atoms with van der Waals surface area (Å²) in [6.45, 7) is 0.217. The van der Waals surface area contributed by atoms with Crippen LogP contribution >= 0.6 is 23.4 Å². The van der Waals surface area contributed by atoms with Gasteiger partial charge in [-0.3, -0.25) is 4.79 Å². The SMILES string of the molecule is O=C(CSc1nnc2ccc(-c3ccc4c(c3)OCO4)nn12)Nc1cccc(Cl)c1. The van der Waals surface area contributed by atoms with Crippen molar-refractivity contribution in [1.82, 2.24) is 19.8 Å². The first-order valence-electron chi connectivity index (χ1n) is 8.96. The molecule has 0 saturated heterocycles. The lowest BCUT2D eigenvalue weighted by molar-refractivity contribution is -0.113. The van der Waals surface area contributed by atoms with Crippen LogP contribution in [0.5, 0.6) is 11.5 Å². The Kier molecular flexibility index (Phi) is 4.89. The van der Waals surface area contributed by atoms with Crippen LogP contribution in [0, 0.1) is 0 Å². The van der Waals surface area contributed by atoms with Crippen molar-refractivity contribution < 1.29 is 14.3 Å². The maximum atomic E-state index is 12.3. The molecule has 10 heteroatoms. The molecule has 3 heterocycles. The quantitative estimate of drug-likeness (QED) is 0.471. The summed E-state index contributed by atoms with van der Waals surface area (Å²) in [7, 11) is 0. The van der Waals surface area contributed by atoms with Crippen LogP contribution in [0.15, 0.2) is 59.8 Å². The molecule has 8 nitrogen and oxygen atoms in total. The molecule has 0 saturated carbocycles. The van der Waals surface area contributed by atoms with Crippen molar-refractivity contribution in [2.45, 2.75) is 5.16 Å². The number of rotatable bonds is 5. The average Bonchev–Trinajstić information content (AvgIpc) is 3.38. The van der Waals surface area contributed by atoms with Gasteiger partial charge < -0.3 is 14.8 Å². The van der Waals surface area contributed by atoms with E-state index < -0.39 is 0 Å². The Balaban J connectivity index is 1.34. The lowest BCUT2D eigenvalue weighted by Crippen LogP contribution is -2.14. The van der Waals surface area contributed by atoms with E-state index in [2.05, 4.69) is 20.6 Å². The third kappa shape index (κ3) is 3.77. The van der Waals surface area contributed by atoms with E-state index in [9.17, 15) is 4.79 Å². The second-order valence-electron chi connectivity index (χ2n) is 6.39. The molecule has 4 aromatic rings. The molecule has 150 valence electrons. The van der Waals surface area contributed by atoms with E-state index in [1.807, 2.05) is 30.3 Å². The average molecular weight is 440 g/mol. The molecule has 1 amide bonds. The Morgan fingerprint density at radius 2 is 2.00 bits per heavy atom. The standard InChI is InChI=1S/C20H14ClN5O3S/c21-13-2-1-3-14(9-13)22-19(27)10-30-20-24-23-18-7-5-15(25-26(18)20)12-4-6-16-17(8-12)29-11-28-16/h1-9H,10-11H2,(H,22,27). The minimum atomic E-state index is -0.175. The van der Waals surface area contributed by atoms with Gasteiger partial charge in [-0.15, -0.1) is 10.2 Å². The summed E-state index contributed by atoms with van der Waals surface area (Å²) in [5.74, 6) is 1.38. The number of thioether (sulfide) groups is 1. The number of ether oxygens (including phenoxy) is 2. The second kappa shape index (κ2) is 7.85. The lowest BCUT2D eigenvalue weighted by atomic mass is 10.1. The van der Waals surface area contributed by atoms with Gasteiger partial charge in [-0.1, -0.05) is 29.4 Å². The van der Waals surface area contributed by atoms with E-state index in [1.165, 1.54) is 11.8 Å². The number of anilines is 1. The molecule has 1 N–H and O–H groups in total. The number of amides is 1. The number of hydrogen-bond donors (Lipinski definition) is 1. The number of nitrogens with one attached hydrogen (secondary N) is 1. The third-order valence-electron chi connectivity index (χ3n) is 4.34. The van der Waals surface area contributed by atoms with Crippen LogP contribution in [0.2, 0.25) is 5.02 Å². The smallest absolute Gasteiger partial charge is 0.234 e. The second-order valence-corrected chi connectivity index (χ2v) is 7.77. The van der Waals surface area contributed by atoms with Crippen LogP contribution in [-0.4, -0.2) is 38.3 Å². The van der Waals surface area contributed by atoms with Crippen LogP contribution in [-0.2, 0) is 4.79 Å². The number of carbonyl (C=O) groups excluding carboxylic acids is 1. The maximum absolute atomic E-state index is 12.3. The Bertz CT molecular complexity index is 1260. The summed E-state index contributed by atoms with van der Waals surface area (Å²) in [5, 5.41) is 16.8.